The Morgan fingerprint density at radius 1 is 1.29 bits per heavy atom. The number of rotatable bonds is 7. The molecular weight excluding hydrogens is 382 g/mol. The Labute approximate surface area is 168 Å². The van der Waals surface area contributed by atoms with E-state index in [4.69, 9.17) is 16.3 Å². The average molecular weight is 406 g/mol. The maximum atomic E-state index is 12.5. The van der Waals surface area contributed by atoms with Crippen LogP contribution in [0.2, 0.25) is 5.02 Å². The Morgan fingerprint density at radius 3 is 2.86 bits per heavy atom. The lowest BCUT2D eigenvalue weighted by Crippen LogP contribution is -2.50. The Kier molecular flexibility index (Phi) is 7.00. The van der Waals surface area contributed by atoms with Crippen molar-refractivity contribution in [1.82, 2.24) is 25.6 Å². The second kappa shape index (κ2) is 9.66. The Hall–Kier alpha value is -2.45. The topological polar surface area (TPSA) is 109 Å². The molecule has 1 saturated carbocycles. The van der Waals surface area contributed by atoms with Crippen LogP contribution in [0.4, 0.5) is 0 Å². The highest BCUT2D eigenvalue weighted by atomic mass is 35.5. The molecule has 3 rings (SSSR count). The predicted molar refractivity (Wildman–Crippen MR) is 104 cm³/mol. The number of ether oxygens (including phenoxy) is 1. The number of nitrogens with zero attached hydrogens (tertiary/aromatic N) is 2. The van der Waals surface area contributed by atoms with Crippen LogP contribution in [0.3, 0.4) is 0 Å². The first kappa shape index (κ1) is 20.3. The van der Waals surface area contributed by atoms with Crippen molar-refractivity contribution in [2.45, 2.75) is 37.8 Å². The van der Waals surface area contributed by atoms with Crippen molar-refractivity contribution < 1.29 is 14.3 Å². The summed E-state index contributed by atoms with van der Waals surface area (Å²) < 4.78 is 5.52. The van der Waals surface area contributed by atoms with Crippen LogP contribution in [0.15, 0.2) is 31.0 Å². The summed E-state index contributed by atoms with van der Waals surface area (Å²) in [4.78, 5) is 36.0. The van der Waals surface area contributed by atoms with E-state index in [1.165, 1.54) is 12.4 Å². The minimum atomic E-state index is -0.276. The van der Waals surface area contributed by atoms with E-state index >= 15 is 0 Å². The first-order valence-corrected chi connectivity index (χ1v) is 9.63. The van der Waals surface area contributed by atoms with Gasteiger partial charge in [-0.05, 0) is 25.3 Å². The van der Waals surface area contributed by atoms with E-state index in [9.17, 15) is 9.59 Å². The highest BCUT2D eigenvalue weighted by Gasteiger charge is 2.35. The molecule has 28 heavy (non-hydrogen) atoms. The summed E-state index contributed by atoms with van der Waals surface area (Å²) in [6.07, 6.45) is 8.80. The molecule has 8 nitrogen and oxygen atoms in total. The van der Waals surface area contributed by atoms with Crippen LogP contribution in [-0.4, -0.2) is 52.6 Å². The fourth-order valence-electron chi connectivity index (χ4n) is 3.49. The first-order valence-electron chi connectivity index (χ1n) is 9.26. The van der Waals surface area contributed by atoms with Crippen LogP contribution < -0.4 is 10.6 Å². The van der Waals surface area contributed by atoms with Gasteiger partial charge in [0.1, 0.15) is 0 Å². The zero-order valence-corrected chi connectivity index (χ0v) is 16.4. The SMILES string of the molecule is CO[C@@H]1CC[C@H](C(=O)NCCc2cnc[nH]2)C[C@H]1NC(=O)c1cncc(Cl)c1. The number of nitrogens with one attached hydrogen (secondary N) is 3. The third kappa shape index (κ3) is 5.30. The van der Waals surface area contributed by atoms with E-state index in [2.05, 4.69) is 25.6 Å². The molecule has 3 atom stereocenters. The van der Waals surface area contributed by atoms with E-state index in [0.717, 1.165) is 12.1 Å². The number of halogens is 1. The van der Waals surface area contributed by atoms with Gasteiger partial charge in [-0.1, -0.05) is 11.6 Å². The number of aromatic amines is 1. The number of H-pyrrole nitrogens is 1. The van der Waals surface area contributed by atoms with Crippen molar-refractivity contribution in [2.24, 2.45) is 5.92 Å². The Morgan fingerprint density at radius 2 is 2.14 bits per heavy atom. The van der Waals surface area contributed by atoms with Crippen molar-refractivity contribution in [3.8, 4) is 0 Å². The molecule has 0 aromatic carbocycles. The molecule has 0 aliphatic heterocycles. The Balaban J connectivity index is 1.55. The molecule has 2 heterocycles. The molecule has 0 unspecified atom stereocenters. The summed E-state index contributed by atoms with van der Waals surface area (Å²) in [5, 5.41) is 6.34. The van der Waals surface area contributed by atoms with E-state index < -0.39 is 0 Å². The molecule has 1 aliphatic rings. The first-order chi connectivity index (χ1) is 13.6. The van der Waals surface area contributed by atoms with Gasteiger partial charge in [0.2, 0.25) is 5.91 Å². The zero-order chi connectivity index (χ0) is 19.9. The van der Waals surface area contributed by atoms with Crippen molar-refractivity contribution in [1.29, 1.82) is 0 Å². The van der Waals surface area contributed by atoms with Gasteiger partial charge in [0.15, 0.2) is 0 Å². The lowest BCUT2D eigenvalue weighted by Gasteiger charge is -2.35. The summed E-state index contributed by atoms with van der Waals surface area (Å²) in [6, 6.07) is 1.31. The third-order valence-corrected chi connectivity index (χ3v) is 5.20. The monoisotopic (exact) mass is 405 g/mol. The lowest BCUT2D eigenvalue weighted by atomic mass is 9.83. The number of methoxy groups -OCH3 is 1. The molecule has 0 bridgehead atoms. The number of hydrogen-bond donors (Lipinski definition) is 3. The van der Waals surface area contributed by atoms with Gasteiger partial charge in [-0.15, -0.1) is 0 Å². The number of aromatic nitrogens is 3. The lowest BCUT2D eigenvalue weighted by molar-refractivity contribution is -0.127. The average Bonchev–Trinajstić information content (AvgIpc) is 3.21. The van der Waals surface area contributed by atoms with Gasteiger partial charge in [0.25, 0.3) is 5.91 Å². The molecule has 9 heteroatoms. The van der Waals surface area contributed by atoms with Gasteiger partial charge in [0, 0.05) is 50.3 Å². The van der Waals surface area contributed by atoms with Crippen molar-refractivity contribution in [2.75, 3.05) is 13.7 Å². The van der Waals surface area contributed by atoms with Crippen molar-refractivity contribution >= 4 is 23.4 Å². The largest absolute Gasteiger partial charge is 0.379 e. The number of hydrogen-bond acceptors (Lipinski definition) is 5. The summed E-state index contributed by atoms with van der Waals surface area (Å²) >= 11 is 5.91. The van der Waals surface area contributed by atoms with Gasteiger partial charge < -0.3 is 20.4 Å². The number of imidazole rings is 1. The van der Waals surface area contributed by atoms with Gasteiger partial charge in [-0.3, -0.25) is 14.6 Å². The maximum absolute atomic E-state index is 12.5. The van der Waals surface area contributed by atoms with E-state index in [1.54, 1.807) is 25.7 Å². The van der Waals surface area contributed by atoms with Gasteiger partial charge in [-0.25, -0.2) is 4.98 Å². The highest BCUT2D eigenvalue weighted by molar-refractivity contribution is 6.30. The highest BCUT2D eigenvalue weighted by Crippen LogP contribution is 2.27. The minimum Gasteiger partial charge on any atom is -0.379 e. The molecule has 2 aromatic rings. The van der Waals surface area contributed by atoms with Crippen LogP contribution in [0.25, 0.3) is 0 Å². The molecule has 1 fully saturated rings. The smallest absolute Gasteiger partial charge is 0.253 e. The maximum Gasteiger partial charge on any atom is 0.253 e. The molecule has 0 spiro atoms. The molecule has 2 amide bonds. The molecule has 0 saturated heterocycles. The fraction of sp³-hybridized carbons (Fsp3) is 0.474. The number of carbonyl (C=O) groups is 2. The summed E-state index contributed by atoms with van der Waals surface area (Å²) in [6.45, 7) is 0.538. The minimum absolute atomic E-state index is 0.00209. The quantitative estimate of drug-likeness (QED) is 0.650. The van der Waals surface area contributed by atoms with Crippen LogP contribution in [-0.2, 0) is 16.0 Å². The molecule has 1 aliphatic carbocycles. The second-order valence-electron chi connectivity index (χ2n) is 6.87. The number of carbonyl (C=O) groups excluding carboxylic acids is 2. The predicted octanol–water partition coefficient (Wildman–Crippen LogP) is 1.73. The Bertz CT molecular complexity index is 799. The normalized spacial score (nSPS) is 21.9. The fourth-order valence-corrected chi connectivity index (χ4v) is 3.66. The molecule has 3 N–H and O–H groups in total. The van der Waals surface area contributed by atoms with Crippen LogP contribution in [0.1, 0.15) is 35.3 Å². The standard InChI is InChI=1S/C19H24ClN5O3/c1-28-17-3-2-12(18(26)23-5-4-15-10-22-11-24-15)7-16(17)25-19(27)13-6-14(20)9-21-8-13/h6,8-12,16-17H,2-5,7H2,1H3,(H,22,24)(H,23,26)(H,25,27)/t12-,16+,17+/m0/s1. The summed E-state index contributed by atoms with van der Waals surface area (Å²) in [5.74, 6) is -0.448. The third-order valence-electron chi connectivity index (χ3n) is 4.99. The molecular formula is C19H24ClN5O3. The number of amides is 2. The summed E-state index contributed by atoms with van der Waals surface area (Å²) in [5.41, 5.74) is 1.36. The van der Waals surface area contributed by atoms with Gasteiger partial charge in [0.05, 0.1) is 29.1 Å². The van der Waals surface area contributed by atoms with Gasteiger partial charge >= 0.3 is 0 Å². The van der Waals surface area contributed by atoms with E-state index in [1.807, 2.05) is 0 Å². The number of pyridine rings is 1. The molecule has 150 valence electrons. The van der Waals surface area contributed by atoms with Crippen LogP contribution >= 0.6 is 11.6 Å². The second-order valence-corrected chi connectivity index (χ2v) is 7.31. The van der Waals surface area contributed by atoms with Crippen molar-refractivity contribution in [3.63, 3.8) is 0 Å². The molecule has 2 aromatic heterocycles. The van der Waals surface area contributed by atoms with Crippen molar-refractivity contribution in [3.05, 3.63) is 47.3 Å². The van der Waals surface area contributed by atoms with Crippen LogP contribution in [0.5, 0.6) is 0 Å². The zero-order valence-electron chi connectivity index (χ0n) is 15.7. The van der Waals surface area contributed by atoms with E-state index in [-0.39, 0.29) is 29.9 Å². The van der Waals surface area contributed by atoms with Gasteiger partial charge in [-0.2, -0.15) is 0 Å². The summed E-state index contributed by atoms with van der Waals surface area (Å²) in [7, 11) is 1.62. The van der Waals surface area contributed by atoms with E-state index in [0.29, 0.717) is 36.4 Å². The van der Waals surface area contributed by atoms with Crippen LogP contribution in [0, 0.1) is 5.92 Å². The molecule has 0 radical (unpaired) electrons.